The molecule has 1 saturated carbocycles. The van der Waals surface area contributed by atoms with E-state index in [1.54, 1.807) is 13.8 Å². The molecule has 1 fully saturated rings. The lowest BCUT2D eigenvalue weighted by atomic mass is 9.90. The second kappa shape index (κ2) is 31.0. The Labute approximate surface area is 272 Å². The zero-order chi connectivity index (χ0) is 34.5. The van der Waals surface area contributed by atoms with Crippen LogP contribution in [0.1, 0.15) is 147 Å². The van der Waals surface area contributed by atoms with Crippen molar-refractivity contribution in [1.82, 2.24) is 16.0 Å². The molecule has 0 heterocycles. The lowest BCUT2D eigenvalue weighted by Gasteiger charge is -2.20. The fraction of sp³-hybridized carbons (Fsp3) is 0.811. The van der Waals surface area contributed by atoms with Gasteiger partial charge < -0.3 is 16.0 Å². The van der Waals surface area contributed by atoms with Crippen LogP contribution in [0.3, 0.4) is 0 Å². The van der Waals surface area contributed by atoms with Crippen molar-refractivity contribution in [2.24, 2.45) is 17.8 Å². The summed E-state index contributed by atoms with van der Waals surface area (Å²) in [5, 5.41) is 8.55. The van der Waals surface area contributed by atoms with Gasteiger partial charge in [-0.2, -0.15) is 0 Å². The molecule has 0 bridgehead atoms. The number of amides is 2. The molecule has 2 aliphatic rings. The van der Waals surface area contributed by atoms with E-state index in [-0.39, 0.29) is 24.4 Å². The van der Waals surface area contributed by atoms with Crippen molar-refractivity contribution < 1.29 is 18.8 Å². The summed E-state index contributed by atoms with van der Waals surface area (Å²) in [6, 6.07) is 0.162. The Morgan fingerprint density at radius 3 is 1.89 bits per heavy atom. The fourth-order valence-electron chi connectivity index (χ4n) is 3.86. The number of ketones is 1. The van der Waals surface area contributed by atoms with Crippen molar-refractivity contribution >= 4 is 17.6 Å². The highest BCUT2D eigenvalue weighted by atomic mass is 19.1. The molecule has 0 saturated heterocycles. The SMILES string of the molecule is CC.CC(C)C.CCC(C)C.CCCC1=C(CCCNC(=O)CNC(=O)CC)C(F)CC=C1.CCCNC(C(C)=O)C1CC1. The zero-order valence-electron chi connectivity index (χ0n) is 30.8. The molecule has 2 rings (SSSR count). The quantitative estimate of drug-likeness (QED) is 0.159. The van der Waals surface area contributed by atoms with E-state index >= 15 is 0 Å². The van der Waals surface area contributed by atoms with Crippen LogP contribution in [0.2, 0.25) is 0 Å². The smallest absolute Gasteiger partial charge is 0.239 e. The molecule has 0 spiro atoms. The van der Waals surface area contributed by atoms with Gasteiger partial charge in [0.2, 0.25) is 11.8 Å². The fourth-order valence-corrected chi connectivity index (χ4v) is 3.86. The second-order valence-electron chi connectivity index (χ2n) is 12.4. The van der Waals surface area contributed by atoms with Crippen LogP contribution in [0.15, 0.2) is 23.3 Å². The Hall–Kier alpha value is -2.02. The normalized spacial score (nSPS) is 15.8. The Morgan fingerprint density at radius 1 is 0.886 bits per heavy atom. The Morgan fingerprint density at radius 2 is 1.45 bits per heavy atom. The Balaban J connectivity index is -0.000000629. The van der Waals surface area contributed by atoms with Crippen molar-refractivity contribution in [3.05, 3.63) is 23.3 Å². The molecular formula is C37H72FN3O3. The molecule has 3 N–H and O–H groups in total. The van der Waals surface area contributed by atoms with E-state index in [9.17, 15) is 18.8 Å². The van der Waals surface area contributed by atoms with Gasteiger partial charge in [-0.15, -0.1) is 0 Å². The number of Topliss-reactive ketones (excluding diaryl/α,β-unsaturated/α-hetero) is 1. The van der Waals surface area contributed by atoms with Gasteiger partial charge >= 0.3 is 0 Å². The highest BCUT2D eigenvalue weighted by Crippen LogP contribution is 2.33. The lowest BCUT2D eigenvalue weighted by Crippen LogP contribution is -2.37. The molecule has 2 aliphatic carbocycles. The first-order valence-electron chi connectivity index (χ1n) is 17.6. The van der Waals surface area contributed by atoms with Crippen molar-refractivity contribution in [3.8, 4) is 0 Å². The molecule has 6 nitrogen and oxygen atoms in total. The third-order valence-corrected chi connectivity index (χ3v) is 6.65. The highest BCUT2D eigenvalue weighted by Gasteiger charge is 2.33. The van der Waals surface area contributed by atoms with Gasteiger partial charge in [0.1, 0.15) is 12.0 Å². The number of halogens is 1. The van der Waals surface area contributed by atoms with Gasteiger partial charge in [0, 0.05) is 19.4 Å². The van der Waals surface area contributed by atoms with Gasteiger partial charge in [0.15, 0.2) is 0 Å². The van der Waals surface area contributed by atoms with E-state index < -0.39 is 6.17 Å². The molecule has 2 unspecified atom stereocenters. The first-order valence-corrected chi connectivity index (χ1v) is 17.6. The Bertz CT molecular complexity index is 786. The van der Waals surface area contributed by atoms with E-state index in [0.29, 0.717) is 43.9 Å². The van der Waals surface area contributed by atoms with E-state index in [1.165, 1.54) is 19.3 Å². The predicted octanol–water partition coefficient (Wildman–Crippen LogP) is 8.90. The standard InChI is InChI=1S/C17H27FN2O2.C9H17NO.C5H12.C4H10.C2H6/c1-3-7-13-8-5-10-15(18)14(13)9-6-11-19-17(22)12-20-16(21)4-2;1-3-6-10-9(7(2)11)8-4-5-8;1-4-5(2)3;1-4(2)3;1-2/h5,8,15H,3-4,6-7,9-12H2,1-2H3,(H,19,22)(H,20,21);8-10H,3-6H2,1-2H3;5H,4H2,1-3H3;4H,1-3H3;1-2H3. The molecule has 0 aromatic carbocycles. The van der Waals surface area contributed by atoms with Crippen LogP contribution in [0.4, 0.5) is 4.39 Å². The number of carbonyl (C=O) groups excluding carboxylic acids is 3. The van der Waals surface area contributed by atoms with Gasteiger partial charge in [-0.1, -0.05) is 101 Å². The zero-order valence-corrected chi connectivity index (χ0v) is 30.8. The molecule has 44 heavy (non-hydrogen) atoms. The van der Waals surface area contributed by atoms with Crippen molar-refractivity contribution in [2.45, 2.75) is 160 Å². The molecule has 0 aromatic rings. The predicted molar refractivity (Wildman–Crippen MR) is 189 cm³/mol. The molecule has 7 heteroatoms. The third kappa shape index (κ3) is 28.7. The van der Waals surface area contributed by atoms with E-state index in [4.69, 9.17) is 0 Å². The van der Waals surface area contributed by atoms with Crippen LogP contribution < -0.4 is 16.0 Å². The number of alkyl halides is 1. The molecule has 2 amide bonds. The molecule has 2 atom stereocenters. The van der Waals surface area contributed by atoms with E-state index in [0.717, 1.165) is 48.8 Å². The van der Waals surface area contributed by atoms with Crippen molar-refractivity contribution in [3.63, 3.8) is 0 Å². The third-order valence-electron chi connectivity index (χ3n) is 6.65. The number of hydrogen-bond acceptors (Lipinski definition) is 4. The van der Waals surface area contributed by atoms with Gasteiger partial charge in [-0.05, 0) is 80.9 Å². The minimum absolute atomic E-state index is 0.00489. The molecular weight excluding hydrogens is 553 g/mol. The molecule has 0 aliphatic heterocycles. The van der Waals surface area contributed by atoms with Crippen LogP contribution in [-0.2, 0) is 14.4 Å². The first kappa shape index (κ1) is 46.4. The summed E-state index contributed by atoms with van der Waals surface area (Å²) in [6.07, 6.45) is 12.1. The number of allylic oxidation sites excluding steroid dienone is 4. The van der Waals surface area contributed by atoms with Crippen LogP contribution in [-0.4, -0.2) is 49.4 Å². The first-order chi connectivity index (χ1) is 20.8. The molecule has 260 valence electrons. The summed E-state index contributed by atoms with van der Waals surface area (Å²) >= 11 is 0. The van der Waals surface area contributed by atoms with Gasteiger partial charge in [-0.3, -0.25) is 14.4 Å². The summed E-state index contributed by atoms with van der Waals surface area (Å²) in [6.45, 7) is 26.3. The summed E-state index contributed by atoms with van der Waals surface area (Å²) < 4.78 is 14.0. The number of carbonyl (C=O) groups is 3. The minimum atomic E-state index is -0.883. The van der Waals surface area contributed by atoms with Gasteiger partial charge in [-0.25, -0.2) is 4.39 Å². The largest absolute Gasteiger partial charge is 0.355 e. The van der Waals surface area contributed by atoms with E-state index in [2.05, 4.69) is 71.3 Å². The van der Waals surface area contributed by atoms with E-state index in [1.807, 2.05) is 26.0 Å². The number of hydrogen-bond donors (Lipinski definition) is 3. The lowest BCUT2D eigenvalue weighted by molar-refractivity contribution is -0.125. The number of nitrogens with one attached hydrogen (secondary N) is 3. The van der Waals surface area contributed by atoms with Crippen LogP contribution in [0.25, 0.3) is 0 Å². The maximum atomic E-state index is 14.0. The average molecular weight is 626 g/mol. The maximum Gasteiger partial charge on any atom is 0.239 e. The van der Waals surface area contributed by atoms with Crippen LogP contribution in [0.5, 0.6) is 0 Å². The van der Waals surface area contributed by atoms with Gasteiger partial charge in [0.05, 0.1) is 12.6 Å². The second-order valence-corrected chi connectivity index (χ2v) is 12.4. The van der Waals surface area contributed by atoms with Gasteiger partial charge in [0.25, 0.3) is 0 Å². The minimum Gasteiger partial charge on any atom is -0.355 e. The topological polar surface area (TPSA) is 87.3 Å². The summed E-state index contributed by atoms with van der Waals surface area (Å²) in [4.78, 5) is 33.6. The summed E-state index contributed by atoms with van der Waals surface area (Å²) in [5.74, 6) is 2.33. The summed E-state index contributed by atoms with van der Waals surface area (Å²) in [5.41, 5.74) is 2.00. The van der Waals surface area contributed by atoms with Crippen LogP contribution >= 0.6 is 0 Å². The Kier molecular flexibility index (Phi) is 32.7. The van der Waals surface area contributed by atoms with Crippen LogP contribution in [0, 0.1) is 17.8 Å². The number of rotatable bonds is 15. The highest BCUT2D eigenvalue weighted by molar-refractivity contribution is 5.84. The maximum absolute atomic E-state index is 14.0. The van der Waals surface area contributed by atoms with Crippen molar-refractivity contribution in [2.75, 3.05) is 19.6 Å². The average Bonchev–Trinajstić information content (AvgIpc) is 3.82. The molecule has 0 aromatic heterocycles. The monoisotopic (exact) mass is 626 g/mol. The summed E-state index contributed by atoms with van der Waals surface area (Å²) in [7, 11) is 0. The molecule has 0 radical (unpaired) electrons. The van der Waals surface area contributed by atoms with Crippen molar-refractivity contribution in [1.29, 1.82) is 0 Å².